The number of allylic oxidation sites excluding steroid dienone is 4. The van der Waals surface area contributed by atoms with Crippen molar-refractivity contribution in [1.82, 2.24) is 0 Å². The van der Waals surface area contributed by atoms with Gasteiger partial charge in [0.1, 0.15) is 0 Å². The van der Waals surface area contributed by atoms with E-state index in [0.717, 1.165) is 69.1 Å². The molecule has 0 amide bonds. The smallest absolute Gasteiger partial charge is 0.151 e. The van der Waals surface area contributed by atoms with Gasteiger partial charge in [-0.1, -0.05) is 159 Å². The minimum absolute atomic E-state index is 0.0333. The molecule has 2 heterocycles. The van der Waals surface area contributed by atoms with Crippen molar-refractivity contribution in [2.45, 2.75) is 25.7 Å². The molecule has 1 atom stereocenters. The van der Waals surface area contributed by atoms with Crippen molar-refractivity contribution >= 4 is 66.8 Å². The first-order valence-corrected chi connectivity index (χ1v) is 24.0. The van der Waals surface area contributed by atoms with Gasteiger partial charge in [-0.3, -0.25) is 0 Å². The van der Waals surface area contributed by atoms with Crippen LogP contribution >= 0.6 is 0 Å². The molecule has 0 bridgehead atoms. The van der Waals surface area contributed by atoms with Gasteiger partial charge in [-0.2, -0.15) is 0 Å². The van der Waals surface area contributed by atoms with Gasteiger partial charge >= 0.3 is 0 Å². The molecule has 1 unspecified atom stereocenters. The molecule has 0 saturated carbocycles. The van der Waals surface area contributed by atoms with Crippen molar-refractivity contribution in [3.63, 3.8) is 0 Å². The Bertz CT molecular complexity index is 3730. The molecular weight excluding hydrogens is 841 g/mol. The van der Waals surface area contributed by atoms with Crippen LogP contribution in [0.5, 0.6) is 23.0 Å². The molecule has 0 fully saturated rings. The summed E-state index contributed by atoms with van der Waals surface area (Å²) in [5.41, 5.74) is 17.9. The van der Waals surface area contributed by atoms with Crippen molar-refractivity contribution in [2.75, 3.05) is 9.80 Å². The van der Waals surface area contributed by atoms with Crippen molar-refractivity contribution in [2.24, 2.45) is 5.92 Å². The number of hydrogen-bond acceptors (Lipinski definition) is 4. The molecule has 69 heavy (non-hydrogen) atoms. The third-order valence-electron chi connectivity index (χ3n) is 15.1. The zero-order valence-electron chi connectivity index (χ0n) is 38.4. The van der Waals surface area contributed by atoms with Gasteiger partial charge in [0.15, 0.2) is 23.0 Å². The normalized spacial score (nSPS) is 15.9. The molecule has 4 nitrogen and oxygen atoms in total. The molecule has 4 aliphatic rings. The van der Waals surface area contributed by atoms with E-state index in [0.29, 0.717) is 5.92 Å². The van der Waals surface area contributed by atoms with E-state index in [1.807, 2.05) is 24.3 Å². The van der Waals surface area contributed by atoms with Crippen LogP contribution in [-0.2, 0) is 5.41 Å². The summed E-state index contributed by atoms with van der Waals surface area (Å²) in [7, 11) is 0. The molecule has 2 aliphatic heterocycles. The van der Waals surface area contributed by atoms with Crippen LogP contribution in [0.4, 0.5) is 34.1 Å². The summed E-state index contributed by atoms with van der Waals surface area (Å²) in [6.07, 6.45) is 5.77. The summed E-state index contributed by atoms with van der Waals surface area (Å²) >= 11 is 0. The second-order valence-corrected chi connectivity index (χ2v) is 19.2. The minimum Gasteiger partial charge on any atom is -0.453 e. The highest BCUT2D eigenvalue weighted by Crippen LogP contribution is 2.57. The Kier molecular flexibility index (Phi) is 8.72. The van der Waals surface area contributed by atoms with E-state index in [-0.39, 0.29) is 5.41 Å². The van der Waals surface area contributed by atoms with Crippen LogP contribution in [0.2, 0.25) is 0 Å². The van der Waals surface area contributed by atoms with Gasteiger partial charge in [-0.25, -0.2) is 0 Å². The number of anilines is 6. The number of rotatable bonds is 5. The maximum Gasteiger partial charge on any atom is 0.151 e. The van der Waals surface area contributed by atoms with Crippen molar-refractivity contribution in [1.29, 1.82) is 0 Å². The molecule has 0 N–H and O–H groups in total. The monoisotopic (exact) mass is 886 g/mol. The Balaban J connectivity index is 1.03. The van der Waals surface area contributed by atoms with Gasteiger partial charge < -0.3 is 19.3 Å². The number of ether oxygens (including phenoxy) is 2. The summed E-state index contributed by atoms with van der Waals surface area (Å²) in [4.78, 5) is 4.71. The summed E-state index contributed by atoms with van der Waals surface area (Å²) < 4.78 is 13.0. The van der Waals surface area contributed by atoms with Crippen LogP contribution in [0.15, 0.2) is 224 Å². The van der Waals surface area contributed by atoms with E-state index in [4.69, 9.17) is 9.47 Å². The molecule has 0 radical (unpaired) electrons. The molecule has 328 valence electrons. The lowest BCUT2D eigenvalue weighted by atomic mass is 9.72. The highest BCUT2D eigenvalue weighted by Gasteiger charge is 2.43. The van der Waals surface area contributed by atoms with Crippen LogP contribution in [-0.4, -0.2) is 0 Å². The average Bonchev–Trinajstić information content (AvgIpc) is 3.63. The largest absolute Gasteiger partial charge is 0.453 e. The standard InChI is InChI=1S/C65H46N2O2/c1-65(2)53-22-7-6-21-47(53)48-34-31-43(38-54(48)65)42-19-16-20-44(37-42)64-50-36-33-45(66-55-23-8-12-27-59(55)68-60-28-13-9-24-56(60)66)39-51(50)63(41-17-4-3-5-18-41)49-35-32-46(40-52(49)64)67-57-25-10-14-29-61(57)69-62-30-15-11-26-58(62)67/h3-37,39-40,54H,38H2,1-2H3. The first-order valence-electron chi connectivity index (χ1n) is 24.0. The van der Waals surface area contributed by atoms with E-state index in [2.05, 4.69) is 224 Å². The summed E-state index contributed by atoms with van der Waals surface area (Å²) in [5.74, 6) is 3.73. The molecular formula is C65H46N2O2. The fourth-order valence-corrected chi connectivity index (χ4v) is 11.9. The fourth-order valence-electron chi connectivity index (χ4n) is 11.9. The Morgan fingerprint density at radius 2 is 0.870 bits per heavy atom. The van der Waals surface area contributed by atoms with Crippen LogP contribution in [0.1, 0.15) is 37.0 Å². The Labute approximate surface area is 402 Å². The van der Waals surface area contributed by atoms with Gasteiger partial charge in [-0.05, 0) is 168 Å². The Hall–Kier alpha value is -8.60. The number of nitrogens with zero attached hydrogens (tertiary/aromatic N) is 2. The van der Waals surface area contributed by atoms with E-state index in [1.165, 1.54) is 66.1 Å². The zero-order chi connectivity index (χ0) is 45.8. The lowest BCUT2D eigenvalue weighted by Gasteiger charge is -2.33. The lowest BCUT2D eigenvalue weighted by molar-refractivity contribution is 0.418. The first kappa shape index (κ1) is 39.6. The lowest BCUT2D eigenvalue weighted by Crippen LogP contribution is -2.24. The van der Waals surface area contributed by atoms with E-state index in [9.17, 15) is 0 Å². The maximum atomic E-state index is 6.51. The predicted molar refractivity (Wildman–Crippen MR) is 285 cm³/mol. The summed E-state index contributed by atoms with van der Waals surface area (Å²) in [5, 5.41) is 4.73. The second-order valence-electron chi connectivity index (χ2n) is 19.2. The SMILES string of the molecule is CC1(C)c2ccccc2C2=CC=C(c3cccc(-c4c5ccc(N6c7ccccc7Oc7ccccc76)cc5c(-c5ccccc5)c5ccc(N6c7ccccc7Oc7ccccc76)cc45)c3)CC21. The number of hydrogen-bond donors (Lipinski definition) is 0. The Morgan fingerprint density at radius 1 is 0.406 bits per heavy atom. The van der Waals surface area contributed by atoms with Gasteiger partial charge in [-0.15, -0.1) is 0 Å². The van der Waals surface area contributed by atoms with E-state index in [1.54, 1.807) is 0 Å². The molecule has 0 aromatic heterocycles. The van der Waals surface area contributed by atoms with Gasteiger partial charge in [0, 0.05) is 11.4 Å². The maximum absolute atomic E-state index is 6.51. The van der Waals surface area contributed by atoms with E-state index >= 15 is 0 Å². The molecule has 0 spiro atoms. The highest BCUT2D eigenvalue weighted by atomic mass is 16.5. The average molecular weight is 887 g/mol. The van der Waals surface area contributed by atoms with Crippen LogP contribution < -0.4 is 19.3 Å². The van der Waals surface area contributed by atoms with Gasteiger partial charge in [0.2, 0.25) is 0 Å². The third kappa shape index (κ3) is 6.08. The first-order chi connectivity index (χ1) is 34.0. The molecule has 2 aliphatic carbocycles. The van der Waals surface area contributed by atoms with Crippen molar-refractivity contribution in [3.8, 4) is 45.3 Å². The highest BCUT2D eigenvalue weighted by molar-refractivity contribution is 6.23. The molecule has 10 aromatic rings. The van der Waals surface area contributed by atoms with Gasteiger partial charge in [0.05, 0.1) is 22.7 Å². The topological polar surface area (TPSA) is 24.9 Å². The quantitative estimate of drug-likeness (QED) is 0.161. The predicted octanol–water partition coefficient (Wildman–Crippen LogP) is 18.3. The minimum atomic E-state index is 0.0333. The third-order valence-corrected chi connectivity index (χ3v) is 15.1. The zero-order valence-corrected chi connectivity index (χ0v) is 38.4. The van der Waals surface area contributed by atoms with Gasteiger partial charge in [0.25, 0.3) is 0 Å². The second kappa shape index (κ2) is 15.2. The molecule has 10 aromatic carbocycles. The fraction of sp³-hybridized carbons (Fsp3) is 0.0769. The van der Waals surface area contributed by atoms with Crippen LogP contribution in [0.25, 0.3) is 54.9 Å². The molecule has 14 rings (SSSR count). The summed E-state index contributed by atoms with van der Waals surface area (Å²) in [6.45, 7) is 4.85. The van der Waals surface area contributed by atoms with Crippen molar-refractivity contribution in [3.05, 3.63) is 241 Å². The molecule has 4 heteroatoms. The molecule has 0 saturated heterocycles. The number of fused-ring (bicyclic) bond motifs is 9. The van der Waals surface area contributed by atoms with Crippen LogP contribution in [0, 0.1) is 5.92 Å². The van der Waals surface area contributed by atoms with Crippen molar-refractivity contribution < 1.29 is 9.47 Å². The summed E-state index contributed by atoms with van der Waals surface area (Å²) in [6, 6.07) is 76.7. The Morgan fingerprint density at radius 3 is 1.43 bits per heavy atom. The van der Waals surface area contributed by atoms with Crippen LogP contribution in [0.3, 0.4) is 0 Å². The number of para-hydroxylation sites is 8. The van der Waals surface area contributed by atoms with E-state index < -0.39 is 0 Å². The number of benzene rings is 10.